The molecule has 3 atom stereocenters. The smallest absolute Gasteiger partial charge is 0.408 e. The van der Waals surface area contributed by atoms with Gasteiger partial charge in [-0.2, -0.15) is 0 Å². The summed E-state index contributed by atoms with van der Waals surface area (Å²) in [5, 5.41) is 13.8. The number of esters is 2. The Balaban J connectivity index is 2.86. The zero-order chi connectivity index (χ0) is 24.8. The number of nitrogens with one attached hydrogen (secondary N) is 2. The second kappa shape index (κ2) is 14.4. The molecule has 0 aliphatic carbocycles. The molecule has 182 valence electrons. The highest BCUT2D eigenvalue weighted by molar-refractivity contribution is 5.94. The van der Waals surface area contributed by atoms with Crippen molar-refractivity contribution in [2.45, 2.75) is 39.0 Å². The van der Waals surface area contributed by atoms with Crippen LogP contribution in [0, 0.1) is 5.92 Å². The third-order valence-electron chi connectivity index (χ3n) is 4.29. The van der Waals surface area contributed by atoms with Gasteiger partial charge < -0.3 is 35.7 Å². The summed E-state index contributed by atoms with van der Waals surface area (Å²) in [4.78, 5) is 60.8. The maximum absolute atomic E-state index is 12.6. The number of ether oxygens (including phenoxy) is 3. The van der Waals surface area contributed by atoms with E-state index < -0.39 is 60.9 Å². The number of nitrogens with two attached hydrogens (primary N) is 1. The van der Waals surface area contributed by atoms with Gasteiger partial charge in [-0.25, -0.2) is 4.79 Å². The summed E-state index contributed by atoms with van der Waals surface area (Å²) in [5.74, 6) is -5.40. The van der Waals surface area contributed by atoms with Crippen LogP contribution in [0.3, 0.4) is 0 Å². The van der Waals surface area contributed by atoms with Crippen LogP contribution in [-0.2, 0) is 40.0 Å². The van der Waals surface area contributed by atoms with Crippen molar-refractivity contribution in [2.75, 3.05) is 19.8 Å². The Hall–Kier alpha value is -3.67. The third-order valence-corrected chi connectivity index (χ3v) is 4.29. The summed E-state index contributed by atoms with van der Waals surface area (Å²) in [5.41, 5.74) is 6.03. The quantitative estimate of drug-likeness (QED) is 0.217. The Morgan fingerprint density at radius 1 is 0.970 bits per heavy atom. The van der Waals surface area contributed by atoms with Crippen molar-refractivity contribution >= 4 is 29.8 Å². The van der Waals surface area contributed by atoms with Gasteiger partial charge in [0.1, 0.15) is 18.7 Å². The van der Waals surface area contributed by atoms with Crippen LogP contribution in [0.15, 0.2) is 30.3 Å². The van der Waals surface area contributed by atoms with Crippen molar-refractivity contribution < 1.29 is 43.3 Å². The van der Waals surface area contributed by atoms with Crippen LogP contribution in [0.5, 0.6) is 0 Å². The summed E-state index contributed by atoms with van der Waals surface area (Å²) >= 11 is 0. The molecule has 1 aromatic carbocycles. The van der Waals surface area contributed by atoms with Crippen molar-refractivity contribution in [3.8, 4) is 0 Å². The topological polar surface area (TPSA) is 183 Å². The monoisotopic (exact) mass is 467 g/mol. The first-order valence-corrected chi connectivity index (χ1v) is 10.2. The van der Waals surface area contributed by atoms with Crippen molar-refractivity contribution in [2.24, 2.45) is 11.7 Å². The van der Waals surface area contributed by atoms with Gasteiger partial charge in [-0.3, -0.25) is 19.2 Å². The number of aliphatic hydroxyl groups excluding tert-OH is 1. The zero-order valence-electron chi connectivity index (χ0n) is 18.4. The van der Waals surface area contributed by atoms with Gasteiger partial charge in [-0.1, -0.05) is 30.3 Å². The Labute approximate surface area is 190 Å². The van der Waals surface area contributed by atoms with E-state index in [1.54, 1.807) is 37.3 Å². The van der Waals surface area contributed by atoms with Crippen molar-refractivity contribution in [1.82, 2.24) is 10.6 Å². The van der Waals surface area contributed by atoms with Crippen LogP contribution in [0.25, 0.3) is 0 Å². The number of alkyl carbamates (subject to hydrolysis) is 1. The van der Waals surface area contributed by atoms with E-state index in [1.807, 2.05) is 0 Å². The molecule has 0 heterocycles. The molecule has 0 fully saturated rings. The largest absolute Gasteiger partial charge is 0.466 e. The molecular formula is C21H29N3O9. The highest BCUT2D eigenvalue weighted by Gasteiger charge is 2.38. The zero-order valence-corrected chi connectivity index (χ0v) is 18.4. The van der Waals surface area contributed by atoms with Gasteiger partial charge in [0.15, 0.2) is 0 Å². The number of amides is 3. The number of benzene rings is 1. The fraction of sp³-hybridized carbons (Fsp3) is 0.476. The second-order valence-corrected chi connectivity index (χ2v) is 6.70. The highest BCUT2D eigenvalue weighted by Crippen LogP contribution is 2.14. The Morgan fingerprint density at radius 3 is 2.15 bits per heavy atom. The number of rotatable bonds is 13. The first-order valence-electron chi connectivity index (χ1n) is 10.2. The van der Waals surface area contributed by atoms with Crippen LogP contribution in [0.4, 0.5) is 4.79 Å². The highest BCUT2D eigenvalue weighted by atomic mass is 16.6. The van der Waals surface area contributed by atoms with Gasteiger partial charge in [-0.15, -0.1) is 0 Å². The molecule has 0 spiro atoms. The number of carbonyl (C=O) groups excluding carboxylic acids is 5. The third kappa shape index (κ3) is 9.56. The molecule has 0 saturated carbocycles. The summed E-state index contributed by atoms with van der Waals surface area (Å²) < 4.78 is 14.7. The molecule has 0 aliphatic rings. The van der Waals surface area contributed by atoms with Gasteiger partial charge in [0, 0.05) is 0 Å². The Morgan fingerprint density at radius 2 is 1.61 bits per heavy atom. The van der Waals surface area contributed by atoms with E-state index in [0.29, 0.717) is 5.56 Å². The fourth-order valence-corrected chi connectivity index (χ4v) is 2.71. The lowest BCUT2D eigenvalue weighted by molar-refractivity contribution is -0.157. The van der Waals surface area contributed by atoms with Crippen LogP contribution in [0.2, 0.25) is 0 Å². The number of hydrogen-bond donors (Lipinski definition) is 4. The molecule has 33 heavy (non-hydrogen) atoms. The van der Waals surface area contributed by atoms with Crippen LogP contribution in [0.1, 0.15) is 25.8 Å². The average molecular weight is 467 g/mol. The number of aliphatic hydroxyl groups is 1. The minimum absolute atomic E-state index is 0.0313. The van der Waals surface area contributed by atoms with Gasteiger partial charge in [0.25, 0.3) is 0 Å². The Bertz CT molecular complexity index is 816. The van der Waals surface area contributed by atoms with E-state index in [1.165, 1.54) is 6.92 Å². The normalized spacial score (nSPS) is 13.1. The van der Waals surface area contributed by atoms with E-state index >= 15 is 0 Å². The first-order chi connectivity index (χ1) is 15.7. The van der Waals surface area contributed by atoms with Crippen molar-refractivity contribution in [1.29, 1.82) is 0 Å². The maximum Gasteiger partial charge on any atom is 0.408 e. The van der Waals surface area contributed by atoms with E-state index in [0.717, 1.165) is 0 Å². The predicted molar refractivity (Wildman–Crippen MR) is 113 cm³/mol. The minimum atomic E-state index is -1.67. The number of carbonyl (C=O) groups is 5. The molecule has 0 saturated heterocycles. The number of primary amides is 1. The molecule has 0 aliphatic heterocycles. The number of hydrogen-bond acceptors (Lipinski definition) is 9. The fourth-order valence-electron chi connectivity index (χ4n) is 2.71. The van der Waals surface area contributed by atoms with Crippen LogP contribution in [-0.4, -0.2) is 66.9 Å². The molecule has 0 aromatic heterocycles. The van der Waals surface area contributed by atoms with Crippen molar-refractivity contribution in [3.63, 3.8) is 0 Å². The molecule has 0 radical (unpaired) electrons. The average Bonchev–Trinajstić information content (AvgIpc) is 2.79. The molecule has 5 N–H and O–H groups in total. The van der Waals surface area contributed by atoms with E-state index in [-0.39, 0.29) is 19.8 Å². The maximum atomic E-state index is 12.6. The molecule has 12 heteroatoms. The molecule has 0 bridgehead atoms. The summed E-state index contributed by atoms with van der Waals surface area (Å²) in [6.07, 6.45) is -1.59. The second-order valence-electron chi connectivity index (χ2n) is 6.70. The summed E-state index contributed by atoms with van der Waals surface area (Å²) in [6.45, 7) is 2.12. The Kier molecular flexibility index (Phi) is 11.9. The van der Waals surface area contributed by atoms with Crippen LogP contribution < -0.4 is 16.4 Å². The predicted octanol–water partition coefficient (Wildman–Crippen LogP) is -0.624. The lowest BCUT2D eigenvalue weighted by Gasteiger charge is -2.25. The summed E-state index contributed by atoms with van der Waals surface area (Å²) in [6, 6.07) is 5.54. The van der Waals surface area contributed by atoms with Gasteiger partial charge >= 0.3 is 18.0 Å². The van der Waals surface area contributed by atoms with E-state index in [4.69, 9.17) is 19.9 Å². The SMILES string of the molecule is CCOC(=O)C[C@@H](C(=O)OCC)[C@@H](NC(=O)[C@H](CO)NC(=O)OCc1ccccc1)C(N)=O. The van der Waals surface area contributed by atoms with Gasteiger partial charge in [0.2, 0.25) is 11.8 Å². The standard InChI is InChI=1S/C21H29N3O9/c1-3-31-16(26)10-14(20(29)32-4-2)17(18(22)27)24-19(28)15(11-25)23-21(30)33-12-13-8-6-5-7-9-13/h5-9,14-15,17,25H,3-4,10-12H2,1-2H3,(H2,22,27)(H,23,30)(H,24,28)/t14-,15+,17-/m1/s1. The summed E-state index contributed by atoms with van der Waals surface area (Å²) in [7, 11) is 0. The molecule has 12 nitrogen and oxygen atoms in total. The lowest BCUT2D eigenvalue weighted by Crippen LogP contribution is -2.58. The van der Waals surface area contributed by atoms with Gasteiger partial charge in [-0.05, 0) is 19.4 Å². The van der Waals surface area contributed by atoms with Crippen molar-refractivity contribution in [3.05, 3.63) is 35.9 Å². The van der Waals surface area contributed by atoms with E-state index in [2.05, 4.69) is 10.6 Å². The lowest BCUT2D eigenvalue weighted by atomic mass is 9.95. The molecular weight excluding hydrogens is 438 g/mol. The van der Waals surface area contributed by atoms with E-state index in [9.17, 15) is 29.1 Å². The molecule has 1 aromatic rings. The minimum Gasteiger partial charge on any atom is -0.466 e. The molecule has 3 amide bonds. The van der Waals surface area contributed by atoms with Gasteiger partial charge in [0.05, 0.1) is 32.2 Å². The molecule has 1 rings (SSSR count). The van der Waals surface area contributed by atoms with Crippen LogP contribution >= 0.6 is 0 Å². The molecule has 0 unspecified atom stereocenters. The first kappa shape index (κ1) is 27.4.